The molecule has 0 aliphatic heterocycles. The molecule has 7 nitrogen and oxygen atoms in total. The molecule has 0 spiro atoms. The van der Waals surface area contributed by atoms with E-state index in [0.717, 1.165) is 10.9 Å². The Kier molecular flexibility index (Phi) is 5.36. The molecule has 0 radical (unpaired) electrons. The second kappa shape index (κ2) is 7.02. The van der Waals surface area contributed by atoms with Gasteiger partial charge in [-0.3, -0.25) is 4.79 Å². The summed E-state index contributed by atoms with van der Waals surface area (Å²) in [4.78, 5) is 27.4. The summed E-state index contributed by atoms with van der Waals surface area (Å²) in [5, 5.41) is 25.2. The molecule has 0 amide bonds. The van der Waals surface area contributed by atoms with E-state index in [2.05, 4.69) is 9.97 Å². The van der Waals surface area contributed by atoms with E-state index in [1.807, 2.05) is 30.5 Å². The molecular weight excluding hydrogens is 252 g/mol. The maximum Gasteiger partial charge on any atom is 0.333 e. The normalized spacial score (nSPS) is 11.2. The molecule has 1 heterocycles. The summed E-state index contributed by atoms with van der Waals surface area (Å²) in [6.45, 7) is 0. The molecule has 0 aliphatic rings. The Morgan fingerprint density at radius 3 is 2.42 bits per heavy atom. The summed E-state index contributed by atoms with van der Waals surface area (Å²) in [5.74, 6) is -2.85. The van der Waals surface area contributed by atoms with Gasteiger partial charge in [0.1, 0.15) is 6.33 Å². The van der Waals surface area contributed by atoms with E-state index in [4.69, 9.17) is 15.3 Å². The fourth-order valence-electron chi connectivity index (χ4n) is 1.18. The van der Waals surface area contributed by atoms with E-state index in [1.54, 1.807) is 6.33 Å². The van der Waals surface area contributed by atoms with Gasteiger partial charge >= 0.3 is 11.9 Å². The molecule has 0 aliphatic carbocycles. The molecule has 2 aromatic rings. The number of nitrogens with zero attached hydrogens (tertiary/aromatic N) is 2. The van der Waals surface area contributed by atoms with Crippen LogP contribution in [0, 0.1) is 0 Å². The van der Waals surface area contributed by atoms with E-state index in [9.17, 15) is 9.59 Å². The van der Waals surface area contributed by atoms with Gasteiger partial charge in [-0.1, -0.05) is 18.2 Å². The van der Waals surface area contributed by atoms with Gasteiger partial charge in [0.05, 0.1) is 11.9 Å². The van der Waals surface area contributed by atoms with E-state index in [1.165, 1.54) is 0 Å². The van der Waals surface area contributed by atoms with Crippen molar-refractivity contribution in [2.24, 2.45) is 0 Å². The Labute approximate surface area is 108 Å². The average Bonchev–Trinajstić information content (AvgIpc) is 2.39. The zero-order valence-electron chi connectivity index (χ0n) is 9.80. The number of fused-ring (bicyclic) bond motifs is 1. The van der Waals surface area contributed by atoms with E-state index >= 15 is 0 Å². The lowest BCUT2D eigenvalue weighted by atomic mass is 10.2. The van der Waals surface area contributed by atoms with Crippen molar-refractivity contribution >= 4 is 22.8 Å². The number of carbonyl (C=O) groups is 2. The highest BCUT2D eigenvalue weighted by Crippen LogP contribution is 2.06. The highest BCUT2D eigenvalue weighted by atomic mass is 16.4. The van der Waals surface area contributed by atoms with Crippen LogP contribution in [0.15, 0.2) is 36.8 Å². The molecule has 2 rings (SSSR count). The molecule has 0 fully saturated rings. The number of aliphatic carboxylic acids is 2. The van der Waals surface area contributed by atoms with E-state index < -0.39 is 24.5 Å². The molecule has 1 aromatic heterocycles. The molecule has 0 bridgehead atoms. The summed E-state index contributed by atoms with van der Waals surface area (Å²) < 4.78 is 0. The molecule has 1 unspecified atom stereocenters. The van der Waals surface area contributed by atoms with Gasteiger partial charge in [-0.05, 0) is 6.07 Å². The molecule has 3 N–H and O–H groups in total. The predicted octanol–water partition coefficient (Wildman–Crippen LogP) is 0.536. The number of hydrogen-bond donors (Lipinski definition) is 3. The maximum absolute atomic E-state index is 9.72. The molecule has 1 aromatic carbocycles. The summed E-state index contributed by atoms with van der Waals surface area (Å²) in [5.41, 5.74) is 0.998. The fourth-order valence-corrected chi connectivity index (χ4v) is 1.18. The first-order chi connectivity index (χ1) is 9.00. The third-order valence-corrected chi connectivity index (χ3v) is 2.07. The molecule has 0 saturated carbocycles. The SMILES string of the molecule is O=C(O)CC(O)C(=O)O.c1ccc2ncncc2c1. The minimum Gasteiger partial charge on any atom is -0.481 e. The second-order valence-electron chi connectivity index (χ2n) is 3.53. The Hall–Kier alpha value is -2.54. The van der Waals surface area contributed by atoms with Crippen molar-refractivity contribution in [3.8, 4) is 0 Å². The number of carboxylic acid groups (broad SMARTS) is 2. The Morgan fingerprint density at radius 2 is 1.89 bits per heavy atom. The third kappa shape index (κ3) is 5.09. The number of para-hydroxylation sites is 1. The van der Waals surface area contributed by atoms with Crippen LogP contribution in [0.4, 0.5) is 0 Å². The van der Waals surface area contributed by atoms with Gasteiger partial charge in [-0.15, -0.1) is 0 Å². The van der Waals surface area contributed by atoms with Crippen LogP contribution in [0.25, 0.3) is 10.9 Å². The van der Waals surface area contributed by atoms with Crippen molar-refractivity contribution in [1.29, 1.82) is 0 Å². The van der Waals surface area contributed by atoms with Gasteiger partial charge in [0.25, 0.3) is 0 Å². The van der Waals surface area contributed by atoms with Crippen LogP contribution in [-0.4, -0.2) is 43.3 Å². The predicted molar refractivity (Wildman–Crippen MR) is 65.4 cm³/mol. The first kappa shape index (κ1) is 14.5. The summed E-state index contributed by atoms with van der Waals surface area (Å²) in [6, 6.07) is 7.91. The van der Waals surface area contributed by atoms with E-state index in [0.29, 0.717) is 0 Å². The highest BCUT2D eigenvalue weighted by Gasteiger charge is 2.16. The minimum atomic E-state index is -1.79. The number of aliphatic hydroxyl groups is 1. The Balaban J connectivity index is 0.000000192. The molecule has 19 heavy (non-hydrogen) atoms. The summed E-state index contributed by atoms with van der Waals surface area (Å²) in [6.07, 6.45) is 0.822. The molecule has 7 heteroatoms. The van der Waals surface area contributed by atoms with Crippen LogP contribution in [0.2, 0.25) is 0 Å². The lowest BCUT2D eigenvalue weighted by molar-refractivity contribution is -0.152. The van der Waals surface area contributed by atoms with E-state index in [-0.39, 0.29) is 0 Å². The average molecular weight is 264 g/mol. The van der Waals surface area contributed by atoms with Crippen LogP contribution in [-0.2, 0) is 9.59 Å². The minimum absolute atomic E-state index is 0.755. The quantitative estimate of drug-likeness (QED) is 0.739. The Morgan fingerprint density at radius 1 is 1.21 bits per heavy atom. The van der Waals surface area contributed by atoms with Crippen molar-refractivity contribution in [2.75, 3.05) is 0 Å². The van der Waals surface area contributed by atoms with Gasteiger partial charge in [-0.2, -0.15) is 0 Å². The van der Waals surface area contributed by atoms with Crippen LogP contribution in [0.5, 0.6) is 0 Å². The van der Waals surface area contributed by atoms with Crippen molar-refractivity contribution < 1.29 is 24.9 Å². The zero-order valence-corrected chi connectivity index (χ0v) is 9.80. The topological polar surface area (TPSA) is 121 Å². The summed E-state index contributed by atoms with van der Waals surface area (Å²) in [7, 11) is 0. The number of aliphatic hydroxyl groups excluding tert-OH is 1. The van der Waals surface area contributed by atoms with Crippen LogP contribution in [0.3, 0.4) is 0 Å². The monoisotopic (exact) mass is 264 g/mol. The summed E-state index contributed by atoms with van der Waals surface area (Å²) >= 11 is 0. The van der Waals surface area contributed by atoms with Crippen LogP contribution in [0.1, 0.15) is 6.42 Å². The number of rotatable bonds is 3. The number of aromatic nitrogens is 2. The van der Waals surface area contributed by atoms with Gasteiger partial charge < -0.3 is 15.3 Å². The van der Waals surface area contributed by atoms with Crippen molar-refractivity contribution in [2.45, 2.75) is 12.5 Å². The number of carboxylic acids is 2. The smallest absolute Gasteiger partial charge is 0.333 e. The van der Waals surface area contributed by atoms with Gasteiger partial charge in [0, 0.05) is 11.6 Å². The fraction of sp³-hybridized carbons (Fsp3) is 0.167. The third-order valence-electron chi connectivity index (χ3n) is 2.07. The molecular formula is C12H12N2O5. The maximum atomic E-state index is 9.72. The van der Waals surface area contributed by atoms with Crippen LogP contribution < -0.4 is 0 Å². The number of benzene rings is 1. The lowest BCUT2D eigenvalue weighted by Gasteiger charge is -1.97. The largest absolute Gasteiger partial charge is 0.481 e. The first-order valence-corrected chi connectivity index (χ1v) is 5.28. The van der Waals surface area contributed by atoms with Gasteiger partial charge in [0.15, 0.2) is 6.10 Å². The first-order valence-electron chi connectivity index (χ1n) is 5.28. The van der Waals surface area contributed by atoms with Gasteiger partial charge in [0.2, 0.25) is 0 Å². The highest BCUT2D eigenvalue weighted by molar-refractivity contribution is 5.79. The second-order valence-corrected chi connectivity index (χ2v) is 3.53. The van der Waals surface area contributed by atoms with Crippen LogP contribution >= 0.6 is 0 Å². The van der Waals surface area contributed by atoms with Crippen molar-refractivity contribution in [1.82, 2.24) is 9.97 Å². The molecule has 0 saturated heterocycles. The van der Waals surface area contributed by atoms with Crippen molar-refractivity contribution in [3.63, 3.8) is 0 Å². The number of hydrogen-bond acceptors (Lipinski definition) is 5. The van der Waals surface area contributed by atoms with Crippen molar-refractivity contribution in [3.05, 3.63) is 36.8 Å². The molecule has 100 valence electrons. The molecule has 1 atom stereocenters. The van der Waals surface area contributed by atoms with Gasteiger partial charge in [-0.25, -0.2) is 14.8 Å². The lowest BCUT2D eigenvalue weighted by Crippen LogP contribution is -2.22. The Bertz CT molecular complexity index is 507. The standard InChI is InChI=1S/C8H6N2.C4H6O5/c1-2-4-8-7(3-1)5-9-6-10-8;5-2(4(8)9)1-3(6)7/h1-6H;2,5H,1H2,(H,6,7)(H,8,9). The zero-order chi connectivity index (χ0) is 14.3.